The highest BCUT2D eigenvalue weighted by Crippen LogP contribution is 2.21. The first-order chi connectivity index (χ1) is 16.5. The number of hydrogen-bond acceptors (Lipinski definition) is 7. The van der Waals surface area contributed by atoms with Crippen LogP contribution >= 0.6 is 0 Å². The topological polar surface area (TPSA) is 123 Å². The lowest BCUT2D eigenvalue weighted by Crippen LogP contribution is -2.10. The summed E-state index contributed by atoms with van der Waals surface area (Å²) in [7, 11) is 0. The van der Waals surface area contributed by atoms with E-state index in [-0.39, 0.29) is 23.6 Å². The van der Waals surface area contributed by atoms with Crippen molar-refractivity contribution in [2.24, 2.45) is 10.2 Å². The fourth-order valence-electron chi connectivity index (χ4n) is 3.24. The van der Waals surface area contributed by atoms with Gasteiger partial charge in [-0.3, -0.25) is 14.9 Å². The van der Waals surface area contributed by atoms with E-state index in [1.165, 1.54) is 24.3 Å². The van der Waals surface area contributed by atoms with Crippen molar-refractivity contribution in [2.75, 3.05) is 5.48 Å². The van der Waals surface area contributed by atoms with Gasteiger partial charge >= 0.3 is 5.97 Å². The van der Waals surface area contributed by atoms with E-state index in [4.69, 9.17) is 4.84 Å². The van der Waals surface area contributed by atoms with Crippen molar-refractivity contribution in [3.8, 4) is 0 Å². The summed E-state index contributed by atoms with van der Waals surface area (Å²) < 4.78 is 0. The fraction of sp³-hybridized carbons (Fsp3) is 0.0400. The van der Waals surface area contributed by atoms with Crippen molar-refractivity contribution >= 4 is 39.7 Å². The van der Waals surface area contributed by atoms with Gasteiger partial charge in [-0.05, 0) is 52.7 Å². The minimum absolute atomic E-state index is 0.120. The highest BCUT2D eigenvalue weighted by atomic mass is 16.7. The zero-order valence-corrected chi connectivity index (χ0v) is 17.8. The Morgan fingerprint density at radius 2 is 1.59 bits per heavy atom. The molecule has 0 saturated heterocycles. The van der Waals surface area contributed by atoms with Crippen LogP contribution in [0.15, 0.2) is 101 Å². The third-order valence-electron chi connectivity index (χ3n) is 4.94. The van der Waals surface area contributed by atoms with E-state index in [2.05, 4.69) is 15.7 Å². The van der Waals surface area contributed by atoms with Gasteiger partial charge in [0.1, 0.15) is 0 Å². The second kappa shape index (κ2) is 10.1. The summed E-state index contributed by atoms with van der Waals surface area (Å²) in [6.45, 7) is 0. The molecule has 0 fully saturated rings. The van der Waals surface area contributed by atoms with Crippen molar-refractivity contribution in [3.63, 3.8) is 0 Å². The number of nitrogens with zero attached hydrogens (tertiary/aromatic N) is 3. The van der Waals surface area contributed by atoms with E-state index < -0.39 is 10.9 Å². The maximum Gasteiger partial charge on any atom is 0.362 e. The van der Waals surface area contributed by atoms with Crippen LogP contribution < -0.4 is 5.48 Å². The van der Waals surface area contributed by atoms with Gasteiger partial charge in [-0.25, -0.2) is 10.3 Å². The Balaban J connectivity index is 1.32. The van der Waals surface area contributed by atoms with Crippen LogP contribution in [0.25, 0.3) is 10.8 Å². The first-order valence-electron chi connectivity index (χ1n) is 10.2. The molecule has 4 rings (SSSR count). The molecule has 34 heavy (non-hydrogen) atoms. The third kappa shape index (κ3) is 5.46. The number of fused-ring (bicyclic) bond motifs is 1. The number of nitro groups is 1. The predicted octanol–water partition coefficient (Wildman–Crippen LogP) is 5.78. The van der Waals surface area contributed by atoms with E-state index in [1.807, 2.05) is 42.5 Å². The number of hydrogen-bond donors (Lipinski definition) is 1. The molecule has 0 bridgehead atoms. The largest absolute Gasteiger partial charge is 0.362 e. The van der Waals surface area contributed by atoms with Gasteiger partial charge in [-0.1, -0.05) is 42.5 Å². The van der Waals surface area contributed by atoms with Crippen LogP contribution in [0.2, 0.25) is 0 Å². The van der Waals surface area contributed by atoms with Gasteiger partial charge in [0.25, 0.3) is 11.6 Å². The van der Waals surface area contributed by atoms with Crippen molar-refractivity contribution in [1.29, 1.82) is 0 Å². The van der Waals surface area contributed by atoms with Gasteiger partial charge in [0.2, 0.25) is 0 Å². The Bertz CT molecular complexity index is 1380. The molecule has 9 nitrogen and oxygen atoms in total. The Morgan fingerprint density at radius 1 is 0.882 bits per heavy atom. The van der Waals surface area contributed by atoms with E-state index >= 15 is 0 Å². The summed E-state index contributed by atoms with van der Waals surface area (Å²) in [6.07, 6.45) is 0.142. The second-order valence-corrected chi connectivity index (χ2v) is 7.25. The molecular weight excluding hydrogens is 436 g/mol. The van der Waals surface area contributed by atoms with Crippen LogP contribution in [0.1, 0.15) is 15.9 Å². The minimum Gasteiger partial charge on any atom is -0.338 e. The maximum absolute atomic E-state index is 12.3. The number of nitro benzene ring substituents is 1. The van der Waals surface area contributed by atoms with E-state index in [0.717, 1.165) is 16.3 Å². The predicted molar refractivity (Wildman–Crippen MR) is 126 cm³/mol. The second-order valence-electron chi connectivity index (χ2n) is 7.25. The first kappa shape index (κ1) is 22.3. The molecule has 0 spiro atoms. The van der Waals surface area contributed by atoms with Gasteiger partial charge in [-0.2, -0.15) is 0 Å². The summed E-state index contributed by atoms with van der Waals surface area (Å²) in [4.78, 5) is 39.5. The molecule has 0 aliphatic carbocycles. The quantitative estimate of drug-likeness (QED) is 0.214. The van der Waals surface area contributed by atoms with Crippen LogP contribution in [0.4, 0.5) is 17.1 Å². The molecule has 0 aliphatic rings. The summed E-state index contributed by atoms with van der Waals surface area (Å²) in [5.41, 5.74) is 4.35. The number of carbonyl (C=O) groups is 2. The Labute approximate surface area is 193 Å². The van der Waals surface area contributed by atoms with Gasteiger partial charge in [0.15, 0.2) is 0 Å². The average molecular weight is 454 g/mol. The lowest BCUT2D eigenvalue weighted by Gasteiger charge is -2.06. The van der Waals surface area contributed by atoms with Crippen LogP contribution in [-0.4, -0.2) is 16.8 Å². The number of benzene rings is 4. The number of anilines is 1. The number of carbonyl (C=O) groups excluding carboxylic acids is 2. The summed E-state index contributed by atoms with van der Waals surface area (Å²) in [6, 6.07) is 25.1. The van der Waals surface area contributed by atoms with E-state index in [0.29, 0.717) is 11.4 Å². The smallest absolute Gasteiger partial charge is 0.338 e. The van der Waals surface area contributed by atoms with Gasteiger partial charge in [0, 0.05) is 12.1 Å². The molecule has 0 unspecified atom stereocenters. The molecule has 1 amide bonds. The van der Waals surface area contributed by atoms with Crippen LogP contribution in [0, 0.1) is 10.1 Å². The standard InChI is InChI=1S/C25H18N4O5/c30-24(16-19-6-3-5-17-4-1-2-7-23(17)19)27-26-20-10-12-21(13-11-20)28-34-25(31)18-8-14-22(15-9-18)29(32)33/h1-15,28H,16H2. The van der Waals surface area contributed by atoms with Gasteiger partial charge in [-0.15, -0.1) is 10.2 Å². The van der Waals surface area contributed by atoms with Crippen molar-refractivity contribution in [1.82, 2.24) is 0 Å². The maximum atomic E-state index is 12.3. The van der Waals surface area contributed by atoms with Crippen LogP contribution in [0.5, 0.6) is 0 Å². The first-order valence-corrected chi connectivity index (χ1v) is 10.2. The molecule has 0 aliphatic heterocycles. The number of amides is 1. The number of non-ortho nitro benzene ring substituents is 1. The Kier molecular flexibility index (Phi) is 6.64. The Hall–Kier alpha value is -4.92. The summed E-state index contributed by atoms with van der Waals surface area (Å²) in [5.74, 6) is -1.06. The lowest BCUT2D eigenvalue weighted by molar-refractivity contribution is -0.384. The van der Waals surface area contributed by atoms with Crippen molar-refractivity contribution in [2.45, 2.75) is 6.42 Å². The molecule has 0 atom stereocenters. The number of nitrogens with one attached hydrogen (secondary N) is 1. The van der Waals surface area contributed by atoms with Crippen molar-refractivity contribution in [3.05, 3.63) is 112 Å². The molecular formula is C25H18N4O5. The zero-order valence-electron chi connectivity index (χ0n) is 17.8. The fourth-order valence-corrected chi connectivity index (χ4v) is 3.24. The molecule has 0 heterocycles. The van der Waals surface area contributed by atoms with E-state index in [9.17, 15) is 19.7 Å². The minimum atomic E-state index is -0.697. The molecule has 0 radical (unpaired) electrons. The van der Waals surface area contributed by atoms with Gasteiger partial charge < -0.3 is 4.84 Å². The number of azo groups is 1. The monoisotopic (exact) mass is 454 g/mol. The summed E-state index contributed by atoms with van der Waals surface area (Å²) in [5, 5.41) is 20.5. The number of rotatable bonds is 7. The molecule has 4 aromatic carbocycles. The molecule has 9 heteroatoms. The van der Waals surface area contributed by atoms with Crippen molar-refractivity contribution < 1.29 is 19.3 Å². The van der Waals surface area contributed by atoms with Crippen LogP contribution in [0.3, 0.4) is 0 Å². The third-order valence-corrected chi connectivity index (χ3v) is 4.94. The molecule has 0 saturated carbocycles. The highest BCUT2D eigenvalue weighted by Gasteiger charge is 2.11. The molecule has 168 valence electrons. The highest BCUT2D eigenvalue weighted by molar-refractivity contribution is 5.91. The zero-order chi connectivity index (χ0) is 23.9. The Morgan fingerprint density at radius 3 is 2.32 bits per heavy atom. The van der Waals surface area contributed by atoms with E-state index in [1.54, 1.807) is 24.3 Å². The average Bonchev–Trinajstić information content (AvgIpc) is 2.87. The normalized spacial score (nSPS) is 10.8. The summed E-state index contributed by atoms with van der Waals surface area (Å²) >= 11 is 0. The van der Waals surface area contributed by atoms with Gasteiger partial charge in [0.05, 0.1) is 28.3 Å². The lowest BCUT2D eigenvalue weighted by atomic mass is 10.0. The molecule has 0 aromatic heterocycles. The molecule has 4 aromatic rings. The van der Waals surface area contributed by atoms with Crippen LogP contribution in [-0.2, 0) is 16.1 Å². The SMILES string of the molecule is O=C(Cc1cccc2ccccc12)N=Nc1ccc(NOC(=O)c2ccc([N+](=O)[O-])cc2)cc1. The molecule has 1 N–H and O–H groups in total.